The number of hydrogen-bond acceptors (Lipinski definition) is 5. The van der Waals surface area contributed by atoms with Crippen molar-refractivity contribution >= 4 is 21.6 Å². The second-order valence-electron chi connectivity index (χ2n) is 6.78. The van der Waals surface area contributed by atoms with Crippen LogP contribution in [0.3, 0.4) is 0 Å². The Hall–Kier alpha value is -2.58. The molecule has 0 aliphatic rings. The summed E-state index contributed by atoms with van der Waals surface area (Å²) in [5, 5.41) is 7.90. The third kappa shape index (κ3) is 5.71. The van der Waals surface area contributed by atoms with E-state index in [2.05, 4.69) is 5.32 Å². The zero-order valence-corrected chi connectivity index (χ0v) is 17.3. The van der Waals surface area contributed by atoms with Crippen LogP contribution in [0, 0.1) is 12.8 Å². The van der Waals surface area contributed by atoms with Gasteiger partial charge in [-0.05, 0) is 55.7 Å². The summed E-state index contributed by atoms with van der Waals surface area (Å²) in [6.07, 6.45) is 0. The summed E-state index contributed by atoms with van der Waals surface area (Å²) in [5.41, 5.74) is 1.20. The van der Waals surface area contributed by atoms with E-state index in [1.54, 1.807) is 37.3 Å². The van der Waals surface area contributed by atoms with Gasteiger partial charge < -0.3 is 14.8 Å². The molecule has 2 aromatic rings. The van der Waals surface area contributed by atoms with Crippen LogP contribution in [0.1, 0.15) is 36.7 Å². The Morgan fingerprint density at radius 1 is 1.11 bits per heavy atom. The molecule has 0 atom stereocenters. The third-order valence-corrected chi connectivity index (χ3v) is 4.88. The van der Waals surface area contributed by atoms with E-state index >= 15 is 0 Å². The van der Waals surface area contributed by atoms with E-state index in [0.29, 0.717) is 47.4 Å². The molecule has 0 saturated heterocycles. The first-order chi connectivity index (χ1) is 13.1. The smallest absolute Gasteiger partial charge is 0.255 e. The van der Waals surface area contributed by atoms with Gasteiger partial charge in [0, 0.05) is 11.3 Å². The Morgan fingerprint density at radius 2 is 1.82 bits per heavy atom. The van der Waals surface area contributed by atoms with E-state index in [0.717, 1.165) is 0 Å². The van der Waals surface area contributed by atoms with Crippen LogP contribution in [-0.2, 0) is 10.0 Å². The topological polar surface area (TPSA) is 108 Å². The number of ether oxygens (including phenoxy) is 2. The predicted molar refractivity (Wildman–Crippen MR) is 108 cm³/mol. The highest BCUT2D eigenvalue weighted by Gasteiger charge is 2.15. The lowest BCUT2D eigenvalue weighted by Crippen LogP contribution is -2.16. The zero-order chi connectivity index (χ0) is 20.9. The van der Waals surface area contributed by atoms with Crippen molar-refractivity contribution in [2.24, 2.45) is 11.1 Å². The van der Waals surface area contributed by atoms with Gasteiger partial charge in [-0.2, -0.15) is 0 Å². The molecule has 0 aliphatic carbocycles. The fourth-order valence-corrected chi connectivity index (χ4v) is 3.29. The number of sulfonamides is 1. The molecule has 152 valence electrons. The standard InChI is InChI=1S/C20H26N2O5S/c1-5-26-18-10-15(7-9-17(18)27-12-13(2)3)20(23)22-16-8-6-14(4)19(11-16)28(21,24)25/h6-11,13H,5,12H2,1-4H3,(H,22,23)(H2,21,24,25). The molecule has 7 nitrogen and oxygen atoms in total. The second kappa shape index (κ2) is 9.07. The highest BCUT2D eigenvalue weighted by Crippen LogP contribution is 2.29. The number of carbonyl (C=O) groups is 1. The van der Waals surface area contributed by atoms with Crippen molar-refractivity contribution in [3.63, 3.8) is 0 Å². The van der Waals surface area contributed by atoms with E-state index < -0.39 is 15.9 Å². The van der Waals surface area contributed by atoms with Crippen LogP contribution >= 0.6 is 0 Å². The molecule has 0 aromatic heterocycles. The molecule has 8 heteroatoms. The molecular weight excluding hydrogens is 380 g/mol. The normalized spacial score (nSPS) is 11.4. The number of rotatable bonds is 8. The molecule has 28 heavy (non-hydrogen) atoms. The number of nitrogens with two attached hydrogens (primary N) is 1. The van der Waals surface area contributed by atoms with Crippen LogP contribution in [0.4, 0.5) is 5.69 Å². The highest BCUT2D eigenvalue weighted by atomic mass is 32.2. The summed E-state index contributed by atoms with van der Waals surface area (Å²) in [7, 11) is -3.88. The molecule has 0 radical (unpaired) electrons. The molecular formula is C20H26N2O5S. The van der Waals surface area contributed by atoms with Crippen LogP contribution in [-0.4, -0.2) is 27.5 Å². The molecule has 0 aliphatic heterocycles. The first-order valence-electron chi connectivity index (χ1n) is 8.96. The maximum Gasteiger partial charge on any atom is 0.255 e. The summed E-state index contributed by atoms with van der Waals surface area (Å²) in [5.74, 6) is 0.997. The van der Waals surface area contributed by atoms with Crippen LogP contribution in [0.25, 0.3) is 0 Å². The Morgan fingerprint density at radius 3 is 2.43 bits per heavy atom. The molecule has 0 spiro atoms. The number of anilines is 1. The average Bonchev–Trinajstić information content (AvgIpc) is 2.61. The zero-order valence-electron chi connectivity index (χ0n) is 16.5. The fourth-order valence-electron chi connectivity index (χ4n) is 2.48. The predicted octanol–water partition coefficient (Wildman–Crippen LogP) is 3.33. The van der Waals surface area contributed by atoms with Crippen molar-refractivity contribution in [1.82, 2.24) is 0 Å². The molecule has 2 rings (SSSR count). The minimum absolute atomic E-state index is 0.0299. The molecule has 3 N–H and O–H groups in total. The van der Waals surface area contributed by atoms with Gasteiger partial charge in [0.1, 0.15) is 0 Å². The second-order valence-corrected chi connectivity index (χ2v) is 8.31. The SMILES string of the molecule is CCOc1cc(C(=O)Nc2ccc(C)c(S(N)(=O)=O)c2)ccc1OCC(C)C. The lowest BCUT2D eigenvalue weighted by molar-refractivity contribution is 0.102. The summed E-state index contributed by atoms with van der Waals surface area (Å²) in [4.78, 5) is 12.6. The van der Waals surface area contributed by atoms with Crippen LogP contribution in [0.2, 0.25) is 0 Å². The third-order valence-electron chi connectivity index (χ3n) is 3.83. The number of carbonyl (C=O) groups excluding carboxylic acids is 1. The maximum atomic E-state index is 12.6. The minimum Gasteiger partial charge on any atom is -0.490 e. The Kier molecular flexibility index (Phi) is 7.04. The van der Waals surface area contributed by atoms with E-state index in [4.69, 9.17) is 14.6 Å². The molecule has 2 aromatic carbocycles. The highest BCUT2D eigenvalue weighted by molar-refractivity contribution is 7.89. The van der Waals surface area contributed by atoms with Gasteiger partial charge in [-0.25, -0.2) is 13.6 Å². The van der Waals surface area contributed by atoms with Gasteiger partial charge in [-0.1, -0.05) is 19.9 Å². The van der Waals surface area contributed by atoms with Gasteiger partial charge in [0.2, 0.25) is 10.0 Å². The molecule has 0 heterocycles. The van der Waals surface area contributed by atoms with Crippen molar-refractivity contribution in [1.29, 1.82) is 0 Å². The van der Waals surface area contributed by atoms with Crippen LogP contribution < -0.4 is 19.9 Å². The molecule has 0 unspecified atom stereocenters. The molecule has 0 fully saturated rings. The quantitative estimate of drug-likeness (QED) is 0.699. The van der Waals surface area contributed by atoms with Crippen molar-refractivity contribution in [3.8, 4) is 11.5 Å². The Bertz CT molecular complexity index is 955. The van der Waals surface area contributed by atoms with Crippen molar-refractivity contribution in [3.05, 3.63) is 47.5 Å². The number of primary sulfonamides is 1. The number of hydrogen-bond donors (Lipinski definition) is 2. The van der Waals surface area contributed by atoms with E-state index in [1.807, 2.05) is 20.8 Å². The molecule has 0 bridgehead atoms. The number of benzene rings is 2. The summed E-state index contributed by atoms with van der Waals surface area (Å²) < 4.78 is 34.6. The summed E-state index contributed by atoms with van der Waals surface area (Å²) in [6, 6.07) is 9.46. The summed E-state index contributed by atoms with van der Waals surface area (Å²) >= 11 is 0. The van der Waals surface area contributed by atoms with Crippen molar-refractivity contribution in [2.45, 2.75) is 32.6 Å². The van der Waals surface area contributed by atoms with Gasteiger partial charge >= 0.3 is 0 Å². The average molecular weight is 407 g/mol. The lowest BCUT2D eigenvalue weighted by atomic mass is 10.1. The van der Waals surface area contributed by atoms with Crippen LogP contribution in [0.15, 0.2) is 41.3 Å². The summed E-state index contributed by atoms with van der Waals surface area (Å²) in [6.45, 7) is 8.53. The minimum atomic E-state index is -3.88. The van der Waals surface area contributed by atoms with Crippen LogP contribution in [0.5, 0.6) is 11.5 Å². The largest absolute Gasteiger partial charge is 0.490 e. The van der Waals surface area contributed by atoms with Crippen molar-refractivity contribution < 1.29 is 22.7 Å². The Balaban J connectivity index is 2.26. The van der Waals surface area contributed by atoms with E-state index in [1.165, 1.54) is 6.07 Å². The first kappa shape index (κ1) is 21.7. The fraction of sp³-hybridized carbons (Fsp3) is 0.350. The van der Waals surface area contributed by atoms with Gasteiger partial charge in [-0.3, -0.25) is 4.79 Å². The first-order valence-corrected chi connectivity index (χ1v) is 10.5. The van der Waals surface area contributed by atoms with Gasteiger partial charge in [0.05, 0.1) is 18.1 Å². The number of nitrogens with one attached hydrogen (secondary N) is 1. The van der Waals surface area contributed by atoms with Gasteiger partial charge in [0.25, 0.3) is 5.91 Å². The molecule has 0 saturated carbocycles. The molecule has 1 amide bonds. The van der Waals surface area contributed by atoms with E-state index in [9.17, 15) is 13.2 Å². The number of aryl methyl sites for hydroxylation is 1. The van der Waals surface area contributed by atoms with E-state index in [-0.39, 0.29) is 4.90 Å². The van der Waals surface area contributed by atoms with Gasteiger partial charge in [-0.15, -0.1) is 0 Å². The monoisotopic (exact) mass is 406 g/mol. The van der Waals surface area contributed by atoms with Gasteiger partial charge in [0.15, 0.2) is 11.5 Å². The van der Waals surface area contributed by atoms with Crippen molar-refractivity contribution in [2.75, 3.05) is 18.5 Å². The lowest BCUT2D eigenvalue weighted by Gasteiger charge is -2.15. The Labute approximate surface area is 165 Å². The number of amides is 1. The maximum absolute atomic E-state index is 12.6.